The standard InChI is InChI=1S/C9H16N4O.ClH/c1-4-13-7(3)9(6(2)12-13)11-8(14)5-10;/h4-5,10H2,1-3H3,(H,11,14);1H. The maximum absolute atomic E-state index is 11.1. The van der Waals surface area contributed by atoms with Crippen molar-refractivity contribution < 1.29 is 4.79 Å². The van der Waals surface area contributed by atoms with E-state index in [0.717, 1.165) is 23.6 Å². The number of nitrogens with two attached hydrogens (primary N) is 1. The van der Waals surface area contributed by atoms with Crippen LogP contribution in [0.3, 0.4) is 0 Å². The van der Waals surface area contributed by atoms with Crippen LogP contribution in [0.5, 0.6) is 0 Å². The van der Waals surface area contributed by atoms with Gasteiger partial charge in [0.1, 0.15) is 0 Å². The van der Waals surface area contributed by atoms with Gasteiger partial charge in [-0.1, -0.05) is 0 Å². The first kappa shape index (κ1) is 13.9. The van der Waals surface area contributed by atoms with Gasteiger partial charge < -0.3 is 11.1 Å². The van der Waals surface area contributed by atoms with Crippen LogP contribution in [0.15, 0.2) is 0 Å². The number of carbonyl (C=O) groups is 1. The summed E-state index contributed by atoms with van der Waals surface area (Å²) < 4.78 is 1.85. The average Bonchev–Trinajstić information content (AvgIpc) is 2.44. The van der Waals surface area contributed by atoms with Crippen molar-refractivity contribution in [2.24, 2.45) is 5.73 Å². The van der Waals surface area contributed by atoms with E-state index in [0.29, 0.717) is 0 Å². The molecule has 0 unspecified atom stereocenters. The Morgan fingerprint density at radius 3 is 2.53 bits per heavy atom. The number of hydrogen-bond donors (Lipinski definition) is 2. The minimum Gasteiger partial charge on any atom is -0.322 e. The van der Waals surface area contributed by atoms with E-state index in [-0.39, 0.29) is 24.9 Å². The quantitative estimate of drug-likeness (QED) is 0.811. The third-order valence-electron chi connectivity index (χ3n) is 2.13. The molecule has 0 aliphatic carbocycles. The zero-order chi connectivity index (χ0) is 10.7. The van der Waals surface area contributed by atoms with Crippen molar-refractivity contribution in [3.05, 3.63) is 11.4 Å². The largest absolute Gasteiger partial charge is 0.322 e. The molecule has 1 aromatic rings. The van der Waals surface area contributed by atoms with Crippen LogP contribution in [0.25, 0.3) is 0 Å². The smallest absolute Gasteiger partial charge is 0.238 e. The van der Waals surface area contributed by atoms with E-state index in [1.807, 2.05) is 25.5 Å². The molecule has 0 aliphatic rings. The van der Waals surface area contributed by atoms with Gasteiger partial charge in [-0.05, 0) is 20.8 Å². The van der Waals surface area contributed by atoms with Gasteiger partial charge in [-0.15, -0.1) is 12.4 Å². The lowest BCUT2D eigenvalue weighted by Gasteiger charge is -2.03. The number of hydrogen-bond acceptors (Lipinski definition) is 3. The Kier molecular flexibility index (Phi) is 5.32. The molecule has 86 valence electrons. The van der Waals surface area contributed by atoms with Crippen LogP contribution in [0.4, 0.5) is 5.69 Å². The van der Waals surface area contributed by atoms with Gasteiger partial charge >= 0.3 is 0 Å². The van der Waals surface area contributed by atoms with Crippen molar-refractivity contribution in [2.75, 3.05) is 11.9 Å². The fraction of sp³-hybridized carbons (Fsp3) is 0.556. The number of nitrogens with one attached hydrogen (secondary N) is 1. The Hall–Kier alpha value is -1.07. The van der Waals surface area contributed by atoms with E-state index in [1.54, 1.807) is 0 Å². The Morgan fingerprint density at radius 2 is 2.13 bits per heavy atom. The predicted octanol–water partition coefficient (Wildman–Crippen LogP) is 0.839. The van der Waals surface area contributed by atoms with Crippen molar-refractivity contribution in [1.82, 2.24) is 9.78 Å². The summed E-state index contributed by atoms with van der Waals surface area (Å²) in [6.45, 7) is 6.59. The summed E-state index contributed by atoms with van der Waals surface area (Å²) in [5.74, 6) is -0.188. The molecule has 6 heteroatoms. The van der Waals surface area contributed by atoms with E-state index in [4.69, 9.17) is 5.73 Å². The summed E-state index contributed by atoms with van der Waals surface area (Å²) in [6.07, 6.45) is 0. The van der Waals surface area contributed by atoms with Crippen molar-refractivity contribution in [1.29, 1.82) is 0 Å². The van der Waals surface area contributed by atoms with E-state index in [1.165, 1.54) is 0 Å². The molecule has 0 bridgehead atoms. The second kappa shape index (κ2) is 5.72. The molecule has 0 saturated heterocycles. The lowest BCUT2D eigenvalue weighted by molar-refractivity contribution is -0.114. The van der Waals surface area contributed by atoms with Gasteiger partial charge in [0.05, 0.1) is 23.6 Å². The maximum atomic E-state index is 11.1. The number of anilines is 1. The van der Waals surface area contributed by atoms with Crippen LogP contribution in [-0.4, -0.2) is 22.2 Å². The first-order chi connectivity index (χ1) is 6.60. The van der Waals surface area contributed by atoms with Crippen molar-refractivity contribution in [2.45, 2.75) is 27.3 Å². The minimum atomic E-state index is -0.188. The molecular weight excluding hydrogens is 216 g/mol. The first-order valence-corrected chi connectivity index (χ1v) is 4.64. The highest BCUT2D eigenvalue weighted by atomic mass is 35.5. The molecule has 0 radical (unpaired) electrons. The van der Waals surface area contributed by atoms with E-state index in [9.17, 15) is 4.79 Å². The number of aromatic nitrogens is 2. The van der Waals surface area contributed by atoms with Crippen LogP contribution in [0, 0.1) is 13.8 Å². The fourth-order valence-electron chi connectivity index (χ4n) is 1.38. The summed E-state index contributed by atoms with van der Waals surface area (Å²) in [6, 6.07) is 0. The first-order valence-electron chi connectivity index (χ1n) is 4.64. The van der Waals surface area contributed by atoms with Crippen molar-refractivity contribution in [3.63, 3.8) is 0 Å². The molecule has 0 aromatic carbocycles. The lowest BCUT2D eigenvalue weighted by atomic mass is 10.3. The molecule has 0 fully saturated rings. The van der Waals surface area contributed by atoms with Gasteiger partial charge in [-0.25, -0.2) is 0 Å². The van der Waals surface area contributed by atoms with Gasteiger partial charge in [-0.3, -0.25) is 9.48 Å². The SMILES string of the molecule is CCn1nc(C)c(NC(=O)CN)c1C.Cl. The highest BCUT2D eigenvalue weighted by Gasteiger charge is 2.11. The molecule has 1 amide bonds. The Morgan fingerprint density at radius 1 is 1.53 bits per heavy atom. The maximum Gasteiger partial charge on any atom is 0.238 e. The number of amides is 1. The van der Waals surface area contributed by atoms with E-state index >= 15 is 0 Å². The second-order valence-corrected chi connectivity index (χ2v) is 3.11. The highest BCUT2D eigenvalue weighted by molar-refractivity contribution is 5.93. The molecule has 1 rings (SSSR count). The van der Waals surface area contributed by atoms with Gasteiger partial charge in [0, 0.05) is 6.54 Å². The van der Waals surface area contributed by atoms with Crippen molar-refractivity contribution in [3.8, 4) is 0 Å². The summed E-state index contributed by atoms with van der Waals surface area (Å²) >= 11 is 0. The van der Waals surface area contributed by atoms with E-state index < -0.39 is 0 Å². The Bertz CT molecular complexity index is 348. The molecule has 0 aliphatic heterocycles. The van der Waals surface area contributed by atoms with Crippen LogP contribution in [-0.2, 0) is 11.3 Å². The summed E-state index contributed by atoms with van der Waals surface area (Å²) in [4.78, 5) is 11.1. The number of nitrogens with zero attached hydrogens (tertiary/aromatic N) is 2. The molecular formula is C9H17ClN4O. The zero-order valence-corrected chi connectivity index (χ0v) is 10.0. The molecule has 3 N–H and O–H groups in total. The second-order valence-electron chi connectivity index (χ2n) is 3.11. The zero-order valence-electron chi connectivity index (χ0n) is 9.20. The molecule has 5 nitrogen and oxygen atoms in total. The fourth-order valence-corrected chi connectivity index (χ4v) is 1.38. The van der Waals surface area contributed by atoms with Crippen LogP contribution >= 0.6 is 12.4 Å². The Balaban J connectivity index is 0.00000196. The van der Waals surface area contributed by atoms with Crippen LogP contribution in [0.2, 0.25) is 0 Å². The monoisotopic (exact) mass is 232 g/mol. The van der Waals surface area contributed by atoms with Gasteiger partial charge in [0.15, 0.2) is 0 Å². The molecule has 0 atom stereocenters. The summed E-state index contributed by atoms with van der Waals surface area (Å²) in [7, 11) is 0. The minimum absolute atomic E-state index is 0. The molecule has 15 heavy (non-hydrogen) atoms. The predicted molar refractivity (Wildman–Crippen MR) is 62.3 cm³/mol. The number of halogens is 1. The molecule has 1 aromatic heterocycles. The summed E-state index contributed by atoms with van der Waals surface area (Å²) in [5.41, 5.74) is 7.79. The Labute approximate surface area is 95.4 Å². The van der Waals surface area contributed by atoms with E-state index in [2.05, 4.69) is 10.4 Å². The number of rotatable bonds is 3. The molecule has 0 saturated carbocycles. The van der Waals surface area contributed by atoms with Crippen LogP contribution in [0.1, 0.15) is 18.3 Å². The van der Waals surface area contributed by atoms with Crippen molar-refractivity contribution >= 4 is 24.0 Å². The lowest BCUT2D eigenvalue weighted by Crippen LogP contribution is -2.22. The normalized spacial score (nSPS) is 9.60. The number of aryl methyl sites for hydroxylation is 2. The topological polar surface area (TPSA) is 72.9 Å². The van der Waals surface area contributed by atoms with Crippen LogP contribution < -0.4 is 11.1 Å². The van der Waals surface area contributed by atoms with Gasteiger partial charge in [0.2, 0.25) is 5.91 Å². The summed E-state index contributed by atoms with van der Waals surface area (Å²) in [5, 5.41) is 7.01. The highest BCUT2D eigenvalue weighted by Crippen LogP contribution is 2.18. The van der Waals surface area contributed by atoms with Gasteiger partial charge in [0.25, 0.3) is 0 Å². The number of carbonyl (C=O) groups excluding carboxylic acids is 1. The molecule has 1 heterocycles. The third-order valence-corrected chi connectivity index (χ3v) is 2.13. The third kappa shape index (κ3) is 2.94. The molecule has 0 spiro atoms. The average molecular weight is 233 g/mol. The van der Waals surface area contributed by atoms with Gasteiger partial charge in [-0.2, -0.15) is 5.10 Å².